The maximum atomic E-state index is 2.41. The molecule has 1 aromatic heterocycles. The van der Waals surface area contributed by atoms with E-state index < -0.39 is 0 Å². The second-order valence-corrected chi connectivity index (χ2v) is 14.8. The zero-order valence-corrected chi connectivity index (χ0v) is 30.4. The van der Waals surface area contributed by atoms with Crippen LogP contribution in [0, 0.1) is 0 Å². The average Bonchev–Trinajstić information content (AvgIpc) is 3.63. The summed E-state index contributed by atoms with van der Waals surface area (Å²) in [7, 11) is 0. The summed E-state index contributed by atoms with van der Waals surface area (Å²) in [5.41, 5.74) is 12.9. The molecule has 0 N–H and O–H groups in total. The van der Waals surface area contributed by atoms with E-state index >= 15 is 0 Å². The minimum atomic E-state index is 1.10. The molecule has 0 amide bonds. The summed E-state index contributed by atoms with van der Waals surface area (Å²) in [6.07, 6.45) is 0. The Kier molecular flexibility index (Phi) is 8.09. The fraction of sp³-hybridized carbons (Fsp3) is 0. The van der Waals surface area contributed by atoms with Crippen molar-refractivity contribution in [1.29, 1.82) is 0 Å². The number of para-hydroxylation sites is 1. The maximum absolute atomic E-state index is 2.41. The number of hydrogen-bond acceptors (Lipinski definition) is 2. The Balaban J connectivity index is 1.10. The largest absolute Gasteiger partial charge is 0.310 e. The Bertz CT molecular complexity index is 2930. The summed E-state index contributed by atoms with van der Waals surface area (Å²) in [4.78, 5) is 2.41. The van der Waals surface area contributed by atoms with Crippen LogP contribution in [-0.2, 0) is 0 Å². The van der Waals surface area contributed by atoms with Gasteiger partial charge in [0.1, 0.15) is 0 Å². The Morgan fingerprint density at radius 1 is 0.296 bits per heavy atom. The molecule has 0 saturated carbocycles. The van der Waals surface area contributed by atoms with Gasteiger partial charge in [0.05, 0.1) is 5.69 Å². The van der Waals surface area contributed by atoms with E-state index in [1.807, 2.05) is 11.3 Å². The molecule has 2 heteroatoms. The fourth-order valence-corrected chi connectivity index (χ4v) is 8.92. The number of hydrogen-bond donors (Lipinski definition) is 0. The van der Waals surface area contributed by atoms with Crippen LogP contribution in [0.4, 0.5) is 17.1 Å². The number of anilines is 3. The summed E-state index contributed by atoms with van der Waals surface area (Å²) in [6, 6.07) is 77.2. The highest BCUT2D eigenvalue weighted by Gasteiger charge is 2.19. The molecule has 0 bridgehead atoms. The first-order chi connectivity index (χ1) is 26.8. The molecular formula is C52H35NS. The van der Waals surface area contributed by atoms with Crippen molar-refractivity contribution in [2.45, 2.75) is 0 Å². The van der Waals surface area contributed by atoms with Gasteiger partial charge in [-0.25, -0.2) is 0 Å². The minimum absolute atomic E-state index is 1.10. The number of fused-ring (bicyclic) bond motifs is 4. The van der Waals surface area contributed by atoms with Gasteiger partial charge in [-0.1, -0.05) is 158 Å². The molecule has 0 atom stereocenters. The number of rotatable bonds is 7. The molecule has 0 unspecified atom stereocenters. The molecule has 9 aromatic carbocycles. The van der Waals surface area contributed by atoms with Crippen LogP contribution >= 0.6 is 11.3 Å². The Hall–Kier alpha value is -6.74. The summed E-state index contributed by atoms with van der Waals surface area (Å²) in [6.45, 7) is 0. The number of thiophene rings is 1. The molecule has 0 radical (unpaired) electrons. The summed E-state index contributed by atoms with van der Waals surface area (Å²) in [5, 5.41) is 5.14. The van der Waals surface area contributed by atoms with Crippen LogP contribution in [0.5, 0.6) is 0 Å². The highest BCUT2D eigenvalue weighted by Crippen LogP contribution is 2.44. The van der Waals surface area contributed by atoms with E-state index in [-0.39, 0.29) is 0 Å². The van der Waals surface area contributed by atoms with E-state index in [0.717, 1.165) is 17.1 Å². The molecule has 0 aliphatic carbocycles. The monoisotopic (exact) mass is 705 g/mol. The zero-order chi connectivity index (χ0) is 35.8. The lowest BCUT2D eigenvalue weighted by atomic mass is 9.94. The summed E-state index contributed by atoms with van der Waals surface area (Å²) in [5.74, 6) is 0. The molecule has 0 fully saturated rings. The second-order valence-electron chi connectivity index (χ2n) is 13.7. The number of nitrogens with zero attached hydrogens (tertiary/aromatic N) is 1. The van der Waals surface area contributed by atoms with E-state index in [1.165, 1.54) is 75.5 Å². The third kappa shape index (κ3) is 5.84. The second kappa shape index (κ2) is 13.7. The molecule has 10 rings (SSSR count). The molecule has 254 valence electrons. The molecule has 0 aliphatic heterocycles. The van der Waals surface area contributed by atoms with Gasteiger partial charge in [0.2, 0.25) is 0 Å². The van der Waals surface area contributed by atoms with Crippen LogP contribution < -0.4 is 4.90 Å². The third-order valence-electron chi connectivity index (χ3n) is 10.5. The van der Waals surface area contributed by atoms with Gasteiger partial charge < -0.3 is 4.90 Å². The molecule has 54 heavy (non-hydrogen) atoms. The van der Waals surface area contributed by atoms with Crippen molar-refractivity contribution in [2.75, 3.05) is 4.90 Å². The minimum Gasteiger partial charge on any atom is -0.310 e. The van der Waals surface area contributed by atoms with Gasteiger partial charge in [0.25, 0.3) is 0 Å². The van der Waals surface area contributed by atoms with Crippen molar-refractivity contribution in [3.8, 4) is 44.5 Å². The summed E-state index contributed by atoms with van der Waals surface area (Å²) >= 11 is 1.86. The van der Waals surface area contributed by atoms with E-state index in [0.29, 0.717) is 0 Å². The van der Waals surface area contributed by atoms with E-state index in [1.54, 1.807) is 0 Å². The third-order valence-corrected chi connectivity index (χ3v) is 11.6. The Morgan fingerprint density at radius 3 is 1.76 bits per heavy atom. The Labute approximate surface area is 319 Å². The molecule has 0 aliphatic rings. The van der Waals surface area contributed by atoms with Crippen molar-refractivity contribution in [2.24, 2.45) is 0 Å². The lowest BCUT2D eigenvalue weighted by Gasteiger charge is -2.28. The van der Waals surface area contributed by atoms with Gasteiger partial charge >= 0.3 is 0 Å². The fourth-order valence-electron chi connectivity index (χ4n) is 7.84. The van der Waals surface area contributed by atoms with E-state index in [2.05, 4.69) is 217 Å². The first-order valence-corrected chi connectivity index (χ1v) is 19.2. The Morgan fingerprint density at radius 2 is 0.870 bits per heavy atom. The highest BCUT2D eigenvalue weighted by atomic mass is 32.1. The molecule has 0 spiro atoms. The maximum Gasteiger partial charge on any atom is 0.0540 e. The molecule has 1 heterocycles. The first-order valence-electron chi connectivity index (χ1n) is 18.4. The van der Waals surface area contributed by atoms with Crippen LogP contribution in [0.15, 0.2) is 212 Å². The van der Waals surface area contributed by atoms with Crippen LogP contribution in [0.3, 0.4) is 0 Å². The quantitative estimate of drug-likeness (QED) is 0.160. The molecule has 0 saturated heterocycles. The smallest absolute Gasteiger partial charge is 0.0540 e. The van der Waals surface area contributed by atoms with Crippen molar-refractivity contribution in [1.82, 2.24) is 0 Å². The van der Waals surface area contributed by atoms with Gasteiger partial charge in [-0.3, -0.25) is 0 Å². The van der Waals surface area contributed by atoms with Gasteiger partial charge in [0, 0.05) is 37.1 Å². The van der Waals surface area contributed by atoms with Crippen LogP contribution in [0.25, 0.3) is 75.5 Å². The van der Waals surface area contributed by atoms with Gasteiger partial charge in [0.15, 0.2) is 0 Å². The standard InChI is InChI=1S/C52H35NS/c1-2-13-36(14-3-1)39-17-11-20-44(34-39)53(43-30-27-37(28-31-43)40-29-32-52-49(35-40)48-23-7-9-26-51(48)54-52)50-25-8-6-22-47(50)42-19-10-18-41(33-42)46-24-12-16-38-15-4-5-21-45(38)46/h1-35H. The summed E-state index contributed by atoms with van der Waals surface area (Å²) < 4.78 is 2.65. The van der Waals surface area contributed by atoms with Crippen molar-refractivity contribution >= 4 is 59.3 Å². The molecular weight excluding hydrogens is 671 g/mol. The number of benzene rings is 9. The zero-order valence-electron chi connectivity index (χ0n) is 29.6. The molecule has 1 nitrogen and oxygen atoms in total. The van der Waals surface area contributed by atoms with Crippen LogP contribution in [-0.4, -0.2) is 0 Å². The van der Waals surface area contributed by atoms with Crippen molar-refractivity contribution < 1.29 is 0 Å². The normalized spacial score (nSPS) is 11.3. The SMILES string of the molecule is c1ccc(-c2cccc(N(c3ccc(-c4ccc5sc6ccccc6c5c4)cc3)c3ccccc3-c3cccc(-c4cccc5ccccc45)c3)c2)cc1. The first kappa shape index (κ1) is 32.0. The van der Waals surface area contributed by atoms with Gasteiger partial charge in [-0.15, -0.1) is 11.3 Å². The lowest BCUT2D eigenvalue weighted by molar-refractivity contribution is 1.28. The predicted octanol–water partition coefficient (Wildman–Crippen LogP) is 15.3. The molecule has 10 aromatic rings. The van der Waals surface area contributed by atoms with Crippen LogP contribution in [0.2, 0.25) is 0 Å². The predicted molar refractivity (Wildman–Crippen MR) is 233 cm³/mol. The topological polar surface area (TPSA) is 3.24 Å². The van der Waals surface area contributed by atoms with Crippen molar-refractivity contribution in [3.63, 3.8) is 0 Å². The highest BCUT2D eigenvalue weighted by molar-refractivity contribution is 7.25. The van der Waals surface area contributed by atoms with Crippen molar-refractivity contribution in [3.05, 3.63) is 212 Å². The van der Waals surface area contributed by atoms with Gasteiger partial charge in [-0.05, 0) is 104 Å². The van der Waals surface area contributed by atoms with E-state index in [9.17, 15) is 0 Å². The van der Waals surface area contributed by atoms with Gasteiger partial charge in [-0.2, -0.15) is 0 Å². The van der Waals surface area contributed by atoms with E-state index in [4.69, 9.17) is 0 Å². The lowest BCUT2D eigenvalue weighted by Crippen LogP contribution is -2.11. The van der Waals surface area contributed by atoms with Crippen LogP contribution in [0.1, 0.15) is 0 Å². The average molecular weight is 706 g/mol.